The molecule has 1 aromatic carbocycles. The average Bonchev–Trinajstić information content (AvgIpc) is 2.86. The number of carbonyl (C=O) groups is 1. The Morgan fingerprint density at radius 1 is 1.50 bits per heavy atom. The van der Waals surface area contributed by atoms with Crippen molar-refractivity contribution in [2.24, 2.45) is 4.99 Å². The molecular formula is C19H22N2O3. The van der Waals surface area contributed by atoms with Crippen molar-refractivity contribution in [3.63, 3.8) is 0 Å². The van der Waals surface area contributed by atoms with E-state index in [1.165, 1.54) is 6.07 Å². The van der Waals surface area contributed by atoms with Gasteiger partial charge in [0.05, 0.1) is 23.9 Å². The van der Waals surface area contributed by atoms with Crippen LogP contribution in [-0.2, 0) is 0 Å². The number of ether oxygens (including phenoxy) is 1. The lowest BCUT2D eigenvalue weighted by Gasteiger charge is -2.19. The second kappa shape index (κ2) is 6.51. The molecule has 2 aliphatic heterocycles. The highest BCUT2D eigenvalue weighted by molar-refractivity contribution is 6.03. The number of phenols is 1. The number of rotatable bonds is 5. The van der Waals surface area contributed by atoms with E-state index >= 15 is 0 Å². The third kappa shape index (κ3) is 3.20. The SMILES string of the molecule is C=C(C)CCCOc1cc2c(cc1O)C(=O)N1CC(=C)CC1C=N2. The van der Waals surface area contributed by atoms with Crippen molar-refractivity contribution in [2.45, 2.75) is 32.2 Å². The fraction of sp³-hybridized carbons (Fsp3) is 0.368. The summed E-state index contributed by atoms with van der Waals surface area (Å²) in [7, 11) is 0. The molecule has 0 aromatic heterocycles. The van der Waals surface area contributed by atoms with Gasteiger partial charge in [-0.3, -0.25) is 9.79 Å². The molecule has 0 aliphatic carbocycles. The minimum atomic E-state index is -0.129. The van der Waals surface area contributed by atoms with Gasteiger partial charge < -0.3 is 14.7 Å². The smallest absolute Gasteiger partial charge is 0.257 e. The average molecular weight is 326 g/mol. The molecule has 2 aliphatic rings. The first kappa shape index (κ1) is 16.3. The second-order valence-electron chi connectivity index (χ2n) is 6.48. The lowest BCUT2D eigenvalue weighted by Crippen LogP contribution is -2.35. The molecule has 3 rings (SSSR count). The second-order valence-corrected chi connectivity index (χ2v) is 6.48. The molecule has 1 atom stereocenters. The van der Waals surface area contributed by atoms with Crippen LogP contribution in [0.25, 0.3) is 0 Å². The molecule has 0 bridgehead atoms. The van der Waals surface area contributed by atoms with Gasteiger partial charge in [0.2, 0.25) is 0 Å². The van der Waals surface area contributed by atoms with E-state index in [2.05, 4.69) is 18.2 Å². The number of benzene rings is 1. The number of amides is 1. The molecule has 0 radical (unpaired) electrons. The number of aromatic hydroxyl groups is 1. The first-order valence-electron chi connectivity index (χ1n) is 8.11. The molecule has 5 heteroatoms. The maximum atomic E-state index is 12.7. The van der Waals surface area contributed by atoms with Gasteiger partial charge in [-0.15, -0.1) is 6.58 Å². The van der Waals surface area contributed by atoms with E-state index in [0.717, 1.165) is 30.4 Å². The zero-order chi connectivity index (χ0) is 17.3. The summed E-state index contributed by atoms with van der Waals surface area (Å²) in [6.45, 7) is 10.8. The Hall–Kier alpha value is -2.56. The Labute approximate surface area is 142 Å². The van der Waals surface area contributed by atoms with Crippen LogP contribution in [0.3, 0.4) is 0 Å². The molecule has 0 spiro atoms. The van der Waals surface area contributed by atoms with Crippen molar-refractivity contribution < 1.29 is 14.6 Å². The Morgan fingerprint density at radius 3 is 3.04 bits per heavy atom. The van der Waals surface area contributed by atoms with Gasteiger partial charge in [0.1, 0.15) is 0 Å². The maximum Gasteiger partial charge on any atom is 0.257 e. The maximum absolute atomic E-state index is 12.7. The number of hydrogen-bond acceptors (Lipinski definition) is 4. The summed E-state index contributed by atoms with van der Waals surface area (Å²) < 4.78 is 5.64. The van der Waals surface area contributed by atoms with E-state index in [0.29, 0.717) is 30.2 Å². The first-order valence-corrected chi connectivity index (χ1v) is 8.11. The molecule has 1 unspecified atom stereocenters. The minimum Gasteiger partial charge on any atom is -0.504 e. The monoisotopic (exact) mass is 326 g/mol. The summed E-state index contributed by atoms with van der Waals surface area (Å²) in [6.07, 6.45) is 4.22. The molecule has 5 nitrogen and oxygen atoms in total. The summed E-state index contributed by atoms with van der Waals surface area (Å²) >= 11 is 0. The van der Waals surface area contributed by atoms with Crippen LogP contribution in [0.1, 0.15) is 36.5 Å². The van der Waals surface area contributed by atoms with Crippen molar-refractivity contribution in [3.05, 3.63) is 42.0 Å². The number of carbonyl (C=O) groups excluding carboxylic acids is 1. The molecule has 126 valence electrons. The Balaban J connectivity index is 1.81. The predicted octanol–water partition coefficient (Wildman–Crippen LogP) is 3.61. The van der Waals surface area contributed by atoms with E-state index in [-0.39, 0.29) is 17.7 Å². The summed E-state index contributed by atoms with van der Waals surface area (Å²) in [5, 5.41) is 10.2. The standard InChI is InChI=1S/C19H22N2O3/c1-12(2)5-4-6-24-18-9-16-15(8-17(18)22)19(23)21-11-13(3)7-14(21)10-20-16/h8-10,14,22H,1,3-7,11H2,2H3. The highest BCUT2D eigenvalue weighted by Gasteiger charge is 2.34. The molecule has 24 heavy (non-hydrogen) atoms. The van der Waals surface area contributed by atoms with Gasteiger partial charge in [-0.1, -0.05) is 17.7 Å². The van der Waals surface area contributed by atoms with Crippen molar-refractivity contribution >= 4 is 17.8 Å². The minimum absolute atomic E-state index is 0.0379. The molecule has 2 heterocycles. The number of fused-ring (bicyclic) bond motifs is 2. The van der Waals surface area contributed by atoms with Gasteiger partial charge in [-0.2, -0.15) is 0 Å². The van der Waals surface area contributed by atoms with Crippen molar-refractivity contribution in [1.29, 1.82) is 0 Å². The fourth-order valence-corrected chi connectivity index (χ4v) is 3.01. The van der Waals surface area contributed by atoms with Crippen LogP contribution in [0.5, 0.6) is 11.5 Å². The number of hydrogen-bond donors (Lipinski definition) is 1. The molecule has 0 saturated carbocycles. The number of nitrogens with zero attached hydrogens (tertiary/aromatic N) is 2. The van der Waals surface area contributed by atoms with Crippen molar-refractivity contribution in [2.75, 3.05) is 13.2 Å². The zero-order valence-corrected chi connectivity index (χ0v) is 13.9. The van der Waals surface area contributed by atoms with Crippen LogP contribution in [0, 0.1) is 0 Å². The van der Waals surface area contributed by atoms with Gasteiger partial charge in [0, 0.05) is 18.8 Å². The third-order valence-electron chi connectivity index (χ3n) is 4.25. The van der Waals surface area contributed by atoms with Gasteiger partial charge in [-0.05, 0) is 32.3 Å². The van der Waals surface area contributed by atoms with Crippen LogP contribution >= 0.6 is 0 Å². The highest BCUT2D eigenvalue weighted by Crippen LogP contribution is 2.37. The van der Waals surface area contributed by atoms with Gasteiger partial charge in [0.25, 0.3) is 5.91 Å². The van der Waals surface area contributed by atoms with E-state index in [9.17, 15) is 9.90 Å². The lowest BCUT2D eigenvalue weighted by molar-refractivity contribution is 0.0777. The largest absolute Gasteiger partial charge is 0.504 e. The summed E-state index contributed by atoms with van der Waals surface area (Å²) in [6, 6.07) is 3.03. The van der Waals surface area contributed by atoms with Crippen LogP contribution in [-0.4, -0.2) is 41.3 Å². The van der Waals surface area contributed by atoms with Crippen LogP contribution < -0.4 is 4.74 Å². The van der Waals surface area contributed by atoms with Crippen LogP contribution in [0.2, 0.25) is 0 Å². The van der Waals surface area contributed by atoms with E-state index in [4.69, 9.17) is 4.74 Å². The van der Waals surface area contributed by atoms with Gasteiger partial charge in [-0.25, -0.2) is 0 Å². The summed E-state index contributed by atoms with van der Waals surface area (Å²) in [5.74, 6) is 0.186. The third-order valence-corrected chi connectivity index (χ3v) is 4.25. The van der Waals surface area contributed by atoms with E-state index < -0.39 is 0 Å². The Kier molecular flexibility index (Phi) is 4.42. The Morgan fingerprint density at radius 2 is 2.29 bits per heavy atom. The van der Waals surface area contributed by atoms with E-state index in [1.54, 1.807) is 17.2 Å². The molecular weight excluding hydrogens is 304 g/mol. The molecule has 1 amide bonds. The van der Waals surface area contributed by atoms with Crippen molar-refractivity contribution in [3.8, 4) is 11.5 Å². The number of phenolic OH excluding ortho intramolecular Hbond substituents is 1. The normalized spacial score (nSPS) is 19.0. The summed E-state index contributed by atoms with van der Waals surface area (Å²) in [4.78, 5) is 18.9. The lowest BCUT2D eigenvalue weighted by atomic mass is 10.1. The topological polar surface area (TPSA) is 62.1 Å². The quantitative estimate of drug-likeness (QED) is 0.664. The fourth-order valence-electron chi connectivity index (χ4n) is 3.01. The number of aliphatic imine (C=N–C) groups is 1. The first-order chi connectivity index (χ1) is 11.5. The Bertz CT molecular complexity index is 736. The molecule has 1 aromatic rings. The predicted molar refractivity (Wildman–Crippen MR) is 94.4 cm³/mol. The summed E-state index contributed by atoms with van der Waals surface area (Å²) in [5.41, 5.74) is 3.05. The zero-order valence-electron chi connectivity index (χ0n) is 13.9. The highest BCUT2D eigenvalue weighted by atomic mass is 16.5. The number of allylic oxidation sites excluding steroid dienone is 1. The van der Waals surface area contributed by atoms with Gasteiger partial charge >= 0.3 is 0 Å². The van der Waals surface area contributed by atoms with E-state index in [1.807, 2.05) is 6.92 Å². The van der Waals surface area contributed by atoms with Crippen LogP contribution in [0.4, 0.5) is 5.69 Å². The molecule has 1 fully saturated rings. The van der Waals surface area contributed by atoms with Crippen molar-refractivity contribution in [1.82, 2.24) is 4.90 Å². The molecule has 1 N–H and O–H groups in total. The van der Waals surface area contributed by atoms with Gasteiger partial charge in [0.15, 0.2) is 11.5 Å². The molecule has 1 saturated heterocycles. The van der Waals surface area contributed by atoms with Crippen LogP contribution in [0.15, 0.2) is 41.4 Å².